The largest absolute Gasteiger partial charge is 0.374 e. The van der Waals surface area contributed by atoms with Crippen molar-refractivity contribution >= 4 is 39.6 Å². The van der Waals surface area contributed by atoms with Gasteiger partial charge >= 0.3 is 0 Å². The Balaban J connectivity index is 1.64. The molecule has 3 aromatic rings. The molecule has 0 unspecified atom stereocenters. The van der Waals surface area contributed by atoms with Crippen molar-refractivity contribution in [2.75, 3.05) is 13.7 Å². The summed E-state index contributed by atoms with van der Waals surface area (Å²) in [6, 6.07) is 17.9. The van der Waals surface area contributed by atoms with E-state index in [9.17, 15) is 4.79 Å². The van der Waals surface area contributed by atoms with Crippen LogP contribution in [0, 0.1) is 0 Å². The van der Waals surface area contributed by atoms with Crippen LogP contribution in [0.1, 0.15) is 16.5 Å². The van der Waals surface area contributed by atoms with E-state index in [1.807, 2.05) is 42.5 Å². The molecule has 0 bridgehead atoms. The number of halogens is 1. The van der Waals surface area contributed by atoms with Crippen LogP contribution in [-0.4, -0.2) is 19.6 Å². The summed E-state index contributed by atoms with van der Waals surface area (Å²) in [6.07, 6.45) is 0.169. The van der Waals surface area contributed by atoms with E-state index in [2.05, 4.69) is 17.4 Å². The van der Waals surface area contributed by atoms with E-state index in [1.54, 1.807) is 7.11 Å². The van der Waals surface area contributed by atoms with Crippen molar-refractivity contribution in [1.29, 1.82) is 0 Å². The minimum Gasteiger partial charge on any atom is -0.374 e. The molecule has 1 N–H and O–H groups in total. The molecule has 0 saturated heterocycles. The van der Waals surface area contributed by atoms with Gasteiger partial charge in [0, 0.05) is 18.5 Å². The van der Waals surface area contributed by atoms with Crippen molar-refractivity contribution in [3.05, 3.63) is 69.4 Å². The second-order valence-corrected chi connectivity index (χ2v) is 7.23. The van der Waals surface area contributed by atoms with Crippen LogP contribution in [-0.2, 0) is 16.0 Å². The molecule has 3 nitrogen and oxygen atoms in total. The molecule has 1 amide bonds. The normalized spacial score (nSPS) is 12.2. The number of fused-ring (bicyclic) bond motifs is 1. The molecule has 5 heteroatoms. The van der Waals surface area contributed by atoms with Crippen molar-refractivity contribution in [2.45, 2.75) is 12.5 Å². The van der Waals surface area contributed by atoms with Crippen LogP contribution in [0.3, 0.4) is 0 Å². The third-order valence-corrected chi connectivity index (χ3v) is 5.23. The fourth-order valence-corrected chi connectivity index (χ4v) is 3.83. The van der Waals surface area contributed by atoms with Crippen LogP contribution in [0.5, 0.6) is 0 Å². The Bertz CT molecular complexity index is 841. The number of rotatable bonds is 6. The van der Waals surface area contributed by atoms with Gasteiger partial charge in [0.15, 0.2) is 0 Å². The average molecular weight is 360 g/mol. The molecule has 3 rings (SSSR count). The SMILES string of the molecule is CO[C@H](CNC(=O)Cc1cccc2ccccc12)c1ccc(Cl)s1. The lowest BCUT2D eigenvalue weighted by atomic mass is 10.0. The quantitative estimate of drug-likeness (QED) is 0.698. The Morgan fingerprint density at radius 1 is 1.17 bits per heavy atom. The van der Waals surface area contributed by atoms with E-state index in [-0.39, 0.29) is 12.0 Å². The number of hydrogen-bond acceptors (Lipinski definition) is 3. The zero-order valence-corrected chi connectivity index (χ0v) is 14.9. The molecule has 0 fully saturated rings. The van der Waals surface area contributed by atoms with Gasteiger partial charge in [0.1, 0.15) is 6.10 Å². The average Bonchev–Trinajstić information content (AvgIpc) is 3.02. The third kappa shape index (κ3) is 3.96. The zero-order chi connectivity index (χ0) is 16.9. The highest BCUT2D eigenvalue weighted by atomic mass is 35.5. The van der Waals surface area contributed by atoms with Crippen molar-refractivity contribution in [2.24, 2.45) is 0 Å². The van der Waals surface area contributed by atoms with Gasteiger partial charge in [0.25, 0.3) is 0 Å². The van der Waals surface area contributed by atoms with Gasteiger partial charge < -0.3 is 10.1 Å². The summed E-state index contributed by atoms with van der Waals surface area (Å²) >= 11 is 7.43. The van der Waals surface area contributed by atoms with Gasteiger partial charge in [0.2, 0.25) is 5.91 Å². The number of methoxy groups -OCH3 is 1. The van der Waals surface area contributed by atoms with Crippen LogP contribution in [0.15, 0.2) is 54.6 Å². The number of amides is 1. The number of ether oxygens (including phenoxy) is 1. The smallest absolute Gasteiger partial charge is 0.224 e. The van der Waals surface area contributed by atoms with E-state index in [0.717, 1.165) is 21.2 Å². The summed E-state index contributed by atoms with van der Waals surface area (Å²) in [5.74, 6) is -0.0175. The highest BCUT2D eigenvalue weighted by Crippen LogP contribution is 2.28. The van der Waals surface area contributed by atoms with E-state index < -0.39 is 0 Å². The van der Waals surface area contributed by atoms with Crippen LogP contribution in [0.4, 0.5) is 0 Å². The van der Waals surface area contributed by atoms with Crippen molar-refractivity contribution < 1.29 is 9.53 Å². The number of hydrogen-bond donors (Lipinski definition) is 1. The molecule has 0 aliphatic carbocycles. The van der Waals surface area contributed by atoms with Crippen LogP contribution < -0.4 is 5.32 Å². The number of carbonyl (C=O) groups excluding carboxylic acids is 1. The molecular formula is C19H18ClNO2S. The Labute approximate surface area is 150 Å². The molecule has 0 radical (unpaired) electrons. The second-order valence-electron chi connectivity index (χ2n) is 5.49. The highest BCUT2D eigenvalue weighted by Gasteiger charge is 2.15. The van der Waals surface area contributed by atoms with Crippen molar-refractivity contribution in [1.82, 2.24) is 5.32 Å². The molecule has 1 aromatic heterocycles. The van der Waals surface area contributed by atoms with E-state index in [1.165, 1.54) is 11.3 Å². The minimum absolute atomic E-state index is 0.0175. The van der Waals surface area contributed by atoms with Crippen molar-refractivity contribution in [3.8, 4) is 0 Å². The predicted octanol–water partition coefficient (Wildman–Crippen LogP) is 4.60. The van der Waals surface area contributed by atoms with E-state index in [0.29, 0.717) is 17.3 Å². The predicted molar refractivity (Wildman–Crippen MR) is 99.7 cm³/mol. The molecule has 0 spiro atoms. The molecule has 2 aromatic carbocycles. The maximum absolute atomic E-state index is 12.3. The van der Waals surface area contributed by atoms with Gasteiger partial charge in [-0.3, -0.25) is 4.79 Å². The molecular weight excluding hydrogens is 342 g/mol. The van der Waals surface area contributed by atoms with Gasteiger partial charge in [0.05, 0.1) is 10.8 Å². The van der Waals surface area contributed by atoms with E-state index >= 15 is 0 Å². The maximum atomic E-state index is 12.3. The molecule has 1 atom stereocenters. The van der Waals surface area contributed by atoms with Gasteiger partial charge in [-0.25, -0.2) is 0 Å². The summed E-state index contributed by atoms with van der Waals surface area (Å²) in [4.78, 5) is 13.3. The minimum atomic E-state index is -0.182. The number of benzene rings is 2. The first-order valence-corrected chi connectivity index (χ1v) is 8.88. The van der Waals surface area contributed by atoms with Crippen LogP contribution >= 0.6 is 22.9 Å². The first kappa shape index (κ1) is 17.0. The fraction of sp³-hybridized carbons (Fsp3) is 0.211. The maximum Gasteiger partial charge on any atom is 0.224 e. The molecule has 0 aliphatic rings. The van der Waals surface area contributed by atoms with Crippen molar-refractivity contribution in [3.63, 3.8) is 0 Å². The topological polar surface area (TPSA) is 38.3 Å². The summed E-state index contributed by atoms with van der Waals surface area (Å²) in [7, 11) is 1.63. The van der Waals surface area contributed by atoms with E-state index in [4.69, 9.17) is 16.3 Å². The molecule has 0 aliphatic heterocycles. The first-order chi connectivity index (χ1) is 11.7. The second kappa shape index (κ2) is 7.79. The third-order valence-electron chi connectivity index (χ3n) is 3.91. The number of nitrogens with one attached hydrogen (secondary N) is 1. The highest BCUT2D eigenvalue weighted by molar-refractivity contribution is 7.16. The Morgan fingerprint density at radius 2 is 1.96 bits per heavy atom. The number of carbonyl (C=O) groups is 1. The fourth-order valence-electron chi connectivity index (χ4n) is 2.69. The van der Waals surface area contributed by atoms with Gasteiger partial charge in [-0.1, -0.05) is 54.1 Å². The lowest BCUT2D eigenvalue weighted by molar-refractivity contribution is -0.121. The molecule has 1 heterocycles. The van der Waals surface area contributed by atoms with Crippen LogP contribution in [0.25, 0.3) is 10.8 Å². The lowest BCUT2D eigenvalue weighted by Crippen LogP contribution is -2.30. The molecule has 0 saturated carbocycles. The Kier molecular flexibility index (Phi) is 5.51. The standard InChI is InChI=1S/C19H18ClNO2S/c1-23-16(17-9-10-18(20)24-17)12-21-19(22)11-14-7-4-6-13-5-2-3-8-15(13)14/h2-10,16H,11-12H2,1H3,(H,21,22)/t16-/m1/s1. The Morgan fingerprint density at radius 3 is 2.71 bits per heavy atom. The summed E-state index contributed by atoms with van der Waals surface area (Å²) < 4.78 is 6.17. The number of thiophene rings is 1. The summed E-state index contributed by atoms with van der Waals surface area (Å²) in [6.45, 7) is 0.428. The van der Waals surface area contributed by atoms with Crippen LogP contribution in [0.2, 0.25) is 4.34 Å². The van der Waals surface area contributed by atoms with Gasteiger partial charge in [-0.05, 0) is 28.5 Å². The Hall–Kier alpha value is -1.88. The summed E-state index contributed by atoms with van der Waals surface area (Å²) in [5.41, 5.74) is 1.03. The lowest BCUT2D eigenvalue weighted by Gasteiger charge is -2.15. The first-order valence-electron chi connectivity index (χ1n) is 7.68. The van der Waals surface area contributed by atoms with Gasteiger partial charge in [-0.2, -0.15) is 0 Å². The zero-order valence-electron chi connectivity index (χ0n) is 13.3. The van der Waals surface area contributed by atoms with Gasteiger partial charge in [-0.15, -0.1) is 11.3 Å². The molecule has 124 valence electrons. The monoisotopic (exact) mass is 359 g/mol. The molecule has 24 heavy (non-hydrogen) atoms. The summed E-state index contributed by atoms with van der Waals surface area (Å²) in [5, 5.41) is 5.21.